The van der Waals surface area contributed by atoms with E-state index in [1.54, 1.807) is 29.3 Å². The van der Waals surface area contributed by atoms with E-state index in [9.17, 15) is 14.4 Å². The summed E-state index contributed by atoms with van der Waals surface area (Å²) in [4.78, 5) is 47.0. The van der Waals surface area contributed by atoms with Crippen molar-refractivity contribution in [1.82, 2.24) is 14.3 Å². The molecule has 3 aliphatic heterocycles. The van der Waals surface area contributed by atoms with Crippen LogP contribution >= 0.6 is 24.0 Å². The normalized spacial score (nSPS) is 22.9. The summed E-state index contributed by atoms with van der Waals surface area (Å²) < 4.78 is 7.60. The number of nitrogens with zero attached hydrogens (tertiary/aromatic N) is 4. The number of primary amides is 1. The number of nitrogens with two attached hydrogens (primary N) is 1. The smallest absolute Gasteiger partial charge is 0.267 e. The molecular weight excluding hydrogens is 474 g/mol. The largest absolute Gasteiger partial charge is 0.376 e. The summed E-state index contributed by atoms with van der Waals surface area (Å²) in [5.74, 6) is -0.207. The fourth-order valence-electron chi connectivity index (χ4n) is 4.61. The summed E-state index contributed by atoms with van der Waals surface area (Å²) in [6.45, 7) is 2.21. The number of thiocarbonyl (C=S) groups is 1. The van der Waals surface area contributed by atoms with E-state index in [4.69, 9.17) is 27.7 Å². The van der Waals surface area contributed by atoms with Crippen molar-refractivity contribution in [3.8, 4) is 0 Å². The summed E-state index contributed by atoms with van der Waals surface area (Å²) in [6, 6.07) is 5.35. The van der Waals surface area contributed by atoms with Crippen molar-refractivity contribution in [3.05, 3.63) is 45.2 Å². The highest BCUT2D eigenvalue weighted by Crippen LogP contribution is 2.35. The second-order valence-corrected chi connectivity index (χ2v) is 10.3. The van der Waals surface area contributed by atoms with Crippen LogP contribution in [0.3, 0.4) is 0 Å². The Bertz CT molecular complexity index is 1250. The molecule has 0 aromatic carbocycles. The van der Waals surface area contributed by atoms with E-state index >= 15 is 0 Å². The maximum atomic E-state index is 13.5. The SMILES string of the molecule is NC(=O)C1CCN(c2nc3ccccn3c(=O)c2C=C2SC(=S)N(CC3CCCO3)C2=O)CC1. The molecule has 5 heterocycles. The number of aromatic nitrogens is 2. The molecule has 0 spiro atoms. The number of carbonyl (C=O) groups excluding carboxylic acids is 2. The molecule has 178 valence electrons. The molecule has 3 fully saturated rings. The van der Waals surface area contributed by atoms with E-state index in [1.165, 1.54) is 16.2 Å². The van der Waals surface area contributed by atoms with Gasteiger partial charge >= 0.3 is 0 Å². The predicted molar refractivity (Wildman–Crippen MR) is 134 cm³/mol. The standard InChI is InChI=1S/C23H25N5O4S2/c24-19(29)14-6-9-26(10-7-14)20-16(21(30)27-8-2-1-5-18(27)25-20)12-17-22(31)28(23(33)34-17)13-15-4-3-11-32-15/h1-2,5,8,12,14-15H,3-4,6-7,9-11,13H2,(H2,24,29). The van der Waals surface area contributed by atoms with Gasteiger partial charge in [0.15, 0.2) is 0 Å². The van der Waals surface area contributed by atoms with E-state index < -0.39 is 0 Å². The lowest BCUT2D eigenvalue weighted by molar-refractivity contribution is -0.123. The van der Waals surface area contributed by atoms with Crippen LogP contribution in [0.1, 0.15) is 31.2 Å². The summed E-state index contributed by atoms with van der Waals surface area (Å²) >= 11 is 6.66. The highest BCUT2D eigenvalue weighted by molar-refractivity contribution is 8.26. The molecule has 2 amide bonds. The van der Waals surface area contributed by atoms with Crippen molar-refractivity contribution in [2.75, 3.05) is 31.1 Å². The zero-order valence-electron chi connectivity index (χ0n) is 18.5. The number of ether oxygens (including phenoxy) is 1. The molecule has 2 aromatic heterocycles. The number of pyridine rings is 1. The molecule has 3 aliphatic rings. The summed E-state index contributed by atoms with van der Waals surface area (Å²) in [5.41, 5.74) is 6.07. The first-order valence-corrected chi connectivity index (χ1v) is 12.6. The minimum Gasteiger partial charge on any atom is -0.376 e. The van der Waals surface area contributed by atoms with Crippen molar-refractivity contribution in [2.45, 2.75) is 31.8 Å². The number of carbonyl (C=O) groups is 2. The lowest BCUT2D eigenvalue weighted by Crippen LogP contribution is -2.40. The Labute approximate surface area is 205 Å². The Morgan fingerprint density at radius 2 is 2.06 bits per heavy atom. The van der Waals surface area contributed by atoms with E-state index in [-0.39, 0.29) is 29.4 Å². The van der Waals surface area contributed by atoms with Gasteiger partial charge in [0.1, 0.15) is 15.8 Å². The third-order valence-corrected chi connectivity index (χ3v) is 7.88. The summed E-state index contributed by atoms with van der Waals surface area (Å²) in [5, 5.41) is 0. The van der Waals surface area contributed by atoms with Gasteiger partial charge in [0.05, 0.1) is 23.1 Å². The Kier molecular flexibility index (Phi) is 6.41. The maximum Gasteiger partial charge on any atom is 0.267 e. The molecular formula is C23H25N5O4S2. The highest BCUT2D eigenvalue weighted by Gasteiger charge is 2.35. The average Bonchev–Trinajstić information content (AvgIpc) is 3.45. The van der Waals surface area contributed by atoms with Gasteiger partial charge in [0.2, 0.25) is 5.91 Å². The highest BCUT2D eigenvalue weighted by atomic mass is 32.2. The molecule has 1 unspecified atom stereocenters. The van der Waals surface area contributed by atoms with Gasteiger partial charge in [0, 0.05) is 31.8 Å². The zero-order chi connectivity index (χ0) is 23.8. The average molecular weight is 500 g/mol. The van der Waals surface area contributed by atoms with Crippen molar-refractivity contribution < 1.29 is 14.3 Å². The first kappa shape index (κ1) is 23.0. The molecule has 1 atom stereocenters. The topological polar surface area (TPSA) is 110 Å². The van der Waals surface area contributed by atoms with Crippen molar-refractivity contribution >= 4 is 57.7 Å². The Morgan fingerprint density at radius 3 is 2.76 bits per heavy atom. The Hall–Kier alpha value is -2.76. The lowest BCUT2D eigenvalue weighted by atomic mass is 9.96. The number of fused-ring (bicyclic) bond motifs is 1. The van der Waals surface area contributed by atoms with Crippen molar-refractivity contribution in [2.24, 2.45) is 11.7 Å². The van der Waals surface area contributed by atoms with E-state index in [0.717, 1.165) is 12.8 Å². The molecule has 2 aromatic rings. The Balaban J connectivity index is 1.51. The van der Waals surface area contributed by atoms with Gasteiger partial charge < -0.3 is 15.4 Å². The summed E-state index contributed by atoms with van der Waals surface area (Å²) in [7, 11) is 0. The molecule has 0 saturated carbocycles. The van der Waals surface area contributed by atoms with Crippen LogP contribution in [0, 0.1) is 5.92 Å². The first-order chi connectivity index (χ1) is 16.4. The molecule has 2 N–H and O–H groups in total. The number of hydrogen-bond acceptors (Lipinski definition) is 8. The number of anilines is 1. The predicted octanol–water partition coefficient (Wildman–Crippen LogP) is 1.78. The molecule has 9 nitrogen and oxygen atoms in total. The van der Waals surface area contributed by atoms with Crippen LogP contribution in [0.5, 0.6) is 0 Å². The molecule has 0 aliphatic carbocycles. The monoisotopic (exact) mass is 499 g/mol. The molecule has 34 heavy (non-hydrogen) atoms. The van der Waals surface area contributed by atoms with E-state index in [1.807, 2.05) is 11.0 Å². The molecule has 5 rings (SSSR count). The number of amides is 2. The van der Waals surface area contributed by atoms with Gasteiger partial charge in [-0.3, -0.25) is 23.7 Å². The quantitative estimate of drug-likeness (QED) is 0.490. The van der Waals surface area contributed by atoms with Crippen LogP contribution in [0.25, 0.3) is 11.7 Å². The van der Waals surface area contributed by atoms with Gasteiger partial charge in [-0.2, -0.15) is 0 Å². The van der Waals surface area contributed by atoms with E-state index in [0.29, 0.717) is 65.3 Å². The van der Waals surface area contributed by atoms with Crippen LogP contribution in [0.2, 0.25) is 0 Å². The van der Waals surface area contributed by atoms with Crippen LogP contribution < -0.4 is 16.2 Å². The van der Waals surface area contributed by atoms with E-state index in [2.05, 4.69) is 0 Å². The lowest BCUT2D eigenvalue weighted by Gasteiger charge is -2.32. The second-order valence-electron chi connectivity index (χ2n) is 8.67. The Morgan fingerprint density at radius 1 is 1.26 bits per heavy atom. The van der Waals surface area contributed by atoms with Crippen LogP contribution in [-0.4, -0.2) is 62.8 Å². The molecule has 11 heteroatoms. The maximum absolute atomic E-state index is 13.5. The number of thioether (sulfide) groups is 1. The van der Waals surface area contributed by atoms with Crippen LogP contribution in [0.15, 0.2) is 34.1 Å². The second kappa shape index (κ2) is 9.47. The van der Waals surface area contributed by atoms with Gasteiger partial charge in [-0.05, 0) is 43.9 Å². The first-order valence-electron chi connectivity index (χ1n) is 11.3. The fraction of sp³-hybridized carbons (Fsp3) is 0.435. The van der Waals surface area contributed by atoms with Gasteiger partial charge in [-0.25, -0.2) is 4.98 Å². The minimum absolute atomic E-state index is 0.0167. The number of piperidine rings is 1. The minimum atomic E-state index is -0.304. The molecule has 0 bridgehead atoms. The van der Waals surface area contributed by atoms with Crippen LogP contribution in [-0.2, 0) is 14.3 Å². The molecule has 3 saturated heterocycles. The van der Waals surface area contributed by atoms with Gasteiger partial charge in [-0.15, -0.1) is 0 Å². The third-order valence-electron chi connectivity index (χ3n) is 6.51. The van der Waals surface area contributed by atoms with Crippen molar-refractivity contribution in [3.63, 3.8) is 0 Å². The van der Waals surface area contributed by atoms with Crippen LogP contribution in [0.4, 0.5) is 5.82 Å². The molecule has 0 radical (unpaired) electrons. The number of hydrogen-bond donors (Lipinski definition) is 1. The fourth-order valence-corrected chi connectivity index (χ4v) is 5.87. The third kappa shape index (κ3) is 4.35. The summed E-state index contributed by atoms with van der Waals surface area (Å²) in [6.07, 6.45) is 6.31. The van der Waals surface area contributed by atoms with Gasteiger partial charge in [-0.1, -0.05) is 30.0 Å². The van der Waals surface area contributed by atoms with Crippen molar-refractivity contribution in [1.29, 1.82) is 0 Å². The van der Waals surface area contributed by atoms with Gasteiger partial charge in [0.25, 0.3) is 11.5 Å². The number of rotatable bonds is 5. The zero-order valence-corrected chi connectivity index (χ0v) is 20.1.